The van der Waals surface area contributed by atoms with Crippen LogP contribution in [0.2, 0.25) is 0 Å². The standard InChI is InChI=1S/K.Li.Nb.7H2O/h;;;7*1H2/q2*+1;+5;;;;;;;/p-7. The number of rotatable bonds is 0. The minimum atomic E-state index is 0. The van der Waals surface area contributed by atoms with E-state index in [2.05, 4.69) is 0 Å². The molecule has 0 unspecified atom stereocenters. The van der Waals surface area contributed by atoms with Crippen LogP contribution in [0.5, 0.6) is 0 Å². The predicted molar refractivity (Wildman–Crippen MR) is 13.6 cm³/mol. The van der Waals surface area contributed by atoms with Crippen molar-refractivity contribution in [2.45, 2.75) is 0 Å². The Morgan fingerprint density at radius 2 is 0.400 bits per heavy atom. The van der Waals surface area contributed by atoms with Gasteiger partial charge in [-0.05, 0) is 0 Å². The summed E-state index contributed by atoms with van der Waals surface area (Å²) in [7, 11) is 0. The SMILES string of the molecule is [K+].[Li+].[Nb+5].[OH-].[OH-].[OH-].[OH-].[OH-].[OH-].[OH-]. The van der Waals surface area contributed by atoms with E-state index in [1.54, 1.807) is 0 Å². The predicted octanol–water partition coefficient (Wildman–Crippen LogP) is -7.23. The van der Waals surface area contributed by atoms with Crippen LogP contribution in [0, 0.1) is 0 Å². The van der Waals surface area contributed by atoms with Crippen molar-refractivity contribution in [3.05, 3.63) is 0 Å². The zero-order chi connectivity index (χ0) is 0. The molecule has 0 saturated carbocycles. The maximum Gasteiger partial charge on any atom is 5.00 e. The van der Waals surface area contributed by atoms with Gasteiger partial charge >= 0.3 is 92.6 Å². The van der Waals surface area contributed by atoms with Gasteiger partial charge in [-0.15, -0.1) is 0 Å². The minimum absolute atomic E-state index is 0. The van der Waals surface area contributed by atoms with Gasteiger partial charge in [0.15, 0.2) is 0 Å². The van der Waals surface area contributed by atoms with E-state index in [9.17, 15) is 0 Å². The molecule has 0 aliphatic carbocycles. The number of hydrogen-bond acceptors (Lipinski definition) is 7. The van der Waals surface area contributed by atoms with Crippen molar-refractivity contribution in [3.8, 4) is 0 Å². The van der Waals surface area contributed by atoms with Crippen molar-refractivity contribution in [3.63, 3.8) is 0 Å². The van der Waals surface area contributed by atoms with Crippen molar-refractivity contribution in [2.75, 3.05) is 0 Å². The van der Waals surface area contributed by atoms with Crippen LogP contribution in [0.15, 0.2) is 0 Å². The summed E-state index contributed by atoms with van der Waals surface area (Å²) in [5, 5.41) is 0. The van der Waals surface area contributed by atoms with Gasteiger partial charge in [0.05, 0.1) is 0 Å². The van der Waals surface area contributed by atoms with E-state index in [0.717, 1.165) is 0 Å². The Labute approximate surface area is 129 Å². The Bertz CT molecular complexity index is 13.6. The van der Waals surface area contributed by atoms with Gasteiger partial charge in [0.2, 0.25) is 0 Å². The van der Waals surface area contributed by atoms with E-state index in [1.807, 2.05) is 0 Å². The monoisotopic (exact) mass is 258 g/mol. The Balaban J connectivity index is 0. The average molecular weight is 258 g/mol. The van der Waals surface area contributed by atoms with E-state index < -0.39 is 0 Å². The van der Waals surface area contributed by atoms with Gasteiger partial charge in [0.25, 0.3) is 0 Å². The first kappa shape index (κ1) is 239. The summed E-state index contributed by atoms with van der Waals surface area (Å²) >= 11 is 0. The van der Waals surface area contributed by atoms with E-state index in [1.165, 1.54) is 0 Å². The number of hydrogen-bond donors (Lipinski definition) is 0. The fourth-order valence-electron chi connectivity index (χ4n) is 0. The first-order chi connectivity index (χ1) is 0. The van der Waals surface area contributed by atoms with Crippen LogP contribution < -0.4 is 70.2 Å². The van der Waals surface area contributed by atoms with Gasteiger partial charge in [-0.1, -0.05) is 0 Å². The molecule has 0 saturated heterocycles. The maximum absolute atomic E-state index is 0. The second-order valence-electron chi connectivity index (χ2n) is 0. The smallest absolute Gasteiger partial charge is 0.870 e. The summed E-state index contributed by atoms with van der Waals surface area (Å²) in [6.45, 7) is 0. The van der Waals surface area contributed by atoms with Crippen LogP contribution in [-0.4, -0.2) is 38.3 Å². The molecule has 0 heterocycles. The molecule has 10 heavy (non-hydrogen) atoms. The molecule has 0 aromatic heterocycles. The van der Waals surface area contributed by atoms with Gasteiger partial charge < -0.3 is 38.3 Å². The zero-order valence-corrected chi connectivity index (χ0v) is 10.9. The third kappa shape index (κ3) is 138. The first-order valence-corrected chi connectivity index (χ1v) is 0. The van der Waals surface area contributed by atoms with Gasteiger partial charge in [-0.3, -0.25) is 0 Å². The molecule has 0 aliphatic heterocycles. The molecule has 0 radical (unpaired) electrons. The Morgan fingerprint density at radius 3 is 0.400 bits per heavy atom. The van der Waals surface area contributed by atoms with Crippen molar-refractivity contribution >= 4 is 0 Å². The molecule has 0 amide bonds. The molecule has 0 rings (SSSR count). The molecule has 56 valence electrons. The van der Waals surface area contributed by atoms with E-state index in [-0.39, 0.29) is 131 Å². The Hall–Kier alpha value is 2.69. The molecular formula is H7KLiNbO7. The molecule has 0 aliphatic rings. The van der Waals surface area contributed by atoms with E-state index in [0.29, 0.717) is 0 Å². The molecule has 7 nitrogen and oxygen atoms in total. The summed E-state index contributed by atoms with van der Waals surface area (Å²) in [6.07, 6.45) is 0. The molecule has 0 bridgehead atoms. The fraction of sp³-hybridized carbons (Fsp3) is 0. The second-order valence-corrected chi connectivity index (χ2v) is 0. The van der Waals surface area contributed by atoms with Crippen LogP contribution in [-0.2, 0) is 22.4 Å². The van der Waals surface area contributed by atoms with Gasteiger partial charge in [0, 0.05) is 0 Å². The summed E-state index contributed by atoms with van der Waals surface area (Å²) in [6, 6.07) is 0. The molecule has 0 aromatic rings. The van der Waals surface area contributed by atoms with Crippen LogP contribution in [0.3, 0.4) is 0 Å². The normalized spacial score (nSPS) is 0. The van der Waals surface area contributed by atoms with Crippen molar-refractivity contribution in [1.29, 1.82) is 0 Å². The van der Waals surface area contributed by atoms with E-state index in [4.69, 9.17) is 0 Å². The first-order valence-electron chi connectivity index (χ1n) is 0. The van der Waals surface area contributed by atoms with E-state index >= 15 is 0 Å². The van der Waals surface area contributed by atoms with Gasteiger partial charge in [0.1, 0.15) is 0 Å². The van der Waals surface area contributed by atoms with Crippen molar-refractivity contribution in [1.82, 2.24) is 0 Å². The molecule has 0 aromatic carbocycles. The second kappa shape index (κ2) is 184. The van der Waals surface area contributed by atoms with Crippen LogP contribution in [0.4, 0.5) is 0 Å². The fourth-order valence-corrected chi connectivity index (χ4v) is 0. The molecule has 0 spiro atoms. The summed E-state index contributed by atoms with van der Waals surface area (Å²) in [5.41, 5.74) is 0. The Kier molecular flexibility index (Phi) is 4410. The van der Waals surface area contributed by atoms with Gasteiger partial charge in [-0.2, -0.15) is 0 Å². The zero-order valence-electron chi connectivity index (χ0n) is 5.58. The van der Waals surface area contributed by atoms with Crippen molar-refractivity contribution in [2.24, 2.45) is 0 Å². The third-order valence-corrected chi connectivity index (χ3v) is 0. The molecular weight excluding hydrogens is 251 g/mol. The topological polar surface area (TPSA) is 210 Å². The largest absolute Gasteiger partial charge is 5.00 e. The summed E-state index contributed by atoms with van der Waals surface area (Å²) in [4.78, 5) is 0. The molecule has 7 N–H and O–H groups in total. The quantitative estimate of drug-likeness (QED) is 0.382. The average Bonchev–Trinajstić information content (AvgIpc) is 0. The molecule has 0 atom stereocenters. The van der Waals surface area contributed by atoms with Crippen LogP contribution in [0.25, 0.3) is 0 Å². The maximum atomic E-state index is 0. The van der Waals surface area contributed by atoms with Gasteiger partial charge in [-0.25, -0.2) is 0 Å². The molecule has 10 heteroatoms. The Morgan fingerprint density at radius 1 is 0.400 bits per heavy atom. The minimum Gasteiger partial charge on any atom is -0.870 e. The third-order valence-electron chi connectivity index (χ3n) is 0. The van der Waals surface area contributed by atoms with Crippen molar-refractivity contribution < 1.29 is 131 Å². The van der Waals surface area contributed by atoms with Crippen LogP contribution >= 0.6 is 0 Å². The summed E-state index contributed by atoms with van der Waals surface area (Å²) in [5.74, 6) is 0. The molecule has 0 fully saturated rings. The van der Waals surface area contributed by atoms with Crippen LogP contribution in [0.1, 0.15) is 0 Å². The summed E-state index contributed by atoms with van der Waals surface area (Å²) < 4.78 is 0.